The SMILES string of the molecule is CC(C)(NC(=O)c1ccc(O)c(Cl)c1)C(N)=O. The summed E-state index contributed by atoms with van der Waals surface area (Å²) in [6.45, 7) is 2.99. The number of hydrogen-bond acceptors (Lipinski definition) is 3. The lowest BCUT2D eigenvalue weighted by atomic mass is 10.0. The number of hydrogen-bond donors (Lipinski definition) is 3. The van der Waals surface area contributed by atoms with Gasteiger partial charge < -0.3 is 16.2 Å². The second-order valence-electron chi connectivity index (χ2n) is 4.11. The van der Waals surface area contributed by atoms with E-state index in [1.54, 1.807) is 0 Å². The monoisotopic (exact) mass is 256 g/mol. The second-order valence-corrected chi connectivity index (χ2v) is 4.52. The number of benzene rings is 1. The Morgan fingerprint density at radius 2 is 2.00 bits per heavy atom. The number of phenols is 1. The van der Waals surface area contributed by atoms with Crippen molar-refractivity contribution in [3.63, 3.8) is 0 Å². The summed E-state index contributed by atoms with van der Waals surface area (Å²) in [6, 6.07) is 4.01. The molecule has 6 heteroatoms. The first-order chi connectivity index (χ1) is 7.74. The number of nitrogens with one attached hydrogen (secondary N) is 1. The van der Waals surface area contributed by atoms with Crippen LogP contribution in [0.1, 0.15) is 24.2 Å². The molecular formula is C11H13ClN2O3. The smallest absolute Gasteiger partial charge is 0.252 e. The third kappa shape index (κ3) is 3.10. The van der Waals surface area contributed by atoms with E-state index in [1.807, 2.05) is 0 Å². The van der Waals surface area contributed by atoms with Crippen LogP contribution in [0.4, 0.5) is 0 Å². The number of primary amides is 1. The largest absolute Gasteiger partial charge is 0.506 e. The van der Waals surface area contributed by atoms with Crippen LogP contribution in [-0.2, 0) is 4.79 Å². The van der Waals surface area contributed by atoms with Gasteiger partial charge >= 0.3 is 0 Å². The highest BCUT2D eigenvalue weighted by molar-refractivity contribution is 6.32. The van der Waals surface area contributed by atoms with Crippen LogP contribution in [0.3, 0.4) is 0 Å². The van der Waals surface area contributed by atoms with Crippen LogP contribution in [0.15, 0.2) is 18.2 Å². The van der Waals surface area contributed by atoms with E-state index < -0.39 is 17.4 Å². The zero-order valence-corrected chi connectivity index (χ0v) is 10.2. The molecule has 0 aliphatic carbocycles. The fourth-order valence-corrected chi connectivity index (χ4v) is 1.25. The summed E-state index contributed by atoms with van der Waals surface area (Å²) in [5.41, 5.74) is 4.22. The van der Waals surface area contributed by atoms with Gasteiger partial charge in [-0.05, 0) is 32.0 Å². The van der Waals surface area contributed by atoms with Crippen molar-refractivity contribution >= 4 is 23.4 Å². The molecule has 4 N–H and O–H groups in total. The van der Waals surface area contributed by atoms with E-state index in [2.05, 4.69) is 5.32 Å². The molecule has 0 saturated carbocycles. The molecule has 0 unspecified atom stereocenters. The first-order valence-electron chi connectivity index (χ1n) is 4.85. The summed E-state index contributed by atoms with van der Waals surface area (Å²) in [4.78, 5) is 22.8. The molecular weight excluding hydrogens is 244 g/mol. The minimum atomic E-state index is -1.15. The summed E-state index contributed by atoms with van der Waals surface area (Å²) >= 11 is 5.67. The van der Waals surface area contributed by atoms with Crippen LogP contribution in [0.5, 0.6) is 5.75 Å². The van der Waals surface area contributed by atoms with Gasteiger partial charge in [-0.3, -0.25) is 9.59 Å². The van der Waals surface area contributed by atoms with Gasteiger partial charge in [0.15, 0.2) is 0 Å². The Balaban J connectivity index is 2.91. The average Bonchev–Trinajstić information content (AvgIpc) is 2.21. The van der Waals surface area contributed by atoms with Crippen LogP contribution in [-0.4, -0.2) is 22.5 Å². The van der Waals surface area contributed by atoms with Gasteiger partial charge in [0.1, 0.15) is 11.3 Å². The van der Waals surface area contributed by atoms with Crippen molar-refractivity contribution in [1.29, 1.82) is 0 Å². The molecule has 1 rings (SSSR count). The van der Waals surface area contributed by atoms with E-state index >= 15 is 0 Å². The Morgan fingerprint density at radius 3 is 2.47 bits per heavy atom. The fraction of sp³-hybridized carbons (Fsp3) is 0.273. The Morgan fingerprint density at radius 1 is 1.41 bits per heavy atom. The molecule has 92 valence electrons. The van der Waals surface area contributed by atoms with Gasteiger partial charge in [-0.25, -0.2) is 0 Å². The van der Waals surface area contributed by atoms with Crippen LogP contribution in [0, 0.1) is 0 Å². The number of rotatable bonds is 3. The first kappa shape index (κ1) is 13.3. The van der Waals surface area contributed by atoms with Crippen LogP contribution < -0.4 is 11.1 Å². The Bertz CT molecular complexity index is 472. The topological polar surface area (TPSA) is 92.4 Å². The Hall–Kier alpha value is -1.75. The van der Waals surface area contributed by atoms with E-state index in [0.29, 0.717) is 0 Å². The minimum absolute atomic E-state index is 0.0644. The summed E-state index contributed by atoms with van der Waals surface area (Å²) in [7, 11) is 0. The molecule has 0 spiro atoms. The van der Waals surface area contributed by atoms with Gasteiger partial charge in [-0.2, -0.15) is 0 Å². The lowest BCUT2D eigenvalue weighted by Gasteiger charge is -2.22. The number of carbonyl (C=O) groups excluding carboxylic acids is 2. The van der Waals surface area contributed by atoms with Crippen LogP contribution in [0.2, 0.25) is 5.02 Å². The highest BCUT2D eigenvalue weighted by Gasteiger charge is 2.27. The maximum absolute atomic E-state index is 11.8. The summed E-state index contributed by atoms with van der Waals surface area (Å²) in [6.07, 6.45) is 0. The van der Waals surface area contributed by atoms with Crippen molar-refractivity contribution in [3.8, 4) is 5.75 Å². The molecule has 5 nitrogen and oxygen atoms in total. The van der Waals surface area contributed by atoms with Gasteiger partial charge in [-0.15, -0.1) is 0 Å². The molecule has 1 aromatic rings. The minimum Gasteiger partial charge on any atom is -0.506 e. The fourth-order valence-electron chi connectivity index (χ4n) is 1.07. The zero-order chi connectivity index (χ0) is 13.2. The highest BCUT2D eigenvalue weighted by Crippen LogP contribution is 2.23. The van der Waals surface area contributed by atoms with Gasteiger partial charge in [0.25, 0.3) is 5.91 Å². The number of nitrogens with two attached hydrogens (primary N) is 1. The zero-order valence-electron chi connectivity index (χ0n) is 9.45. The third-order valence-electron chi connectivity index (χ3n) is 2.25. The maximum Gasteiger partial charge on any atom is 0.252 e. The number of aromatic hydroxyl groups is 1. The van der Waals surface area contributed by atoms with Crippen molar-refractivity contribution in [3.05, 3.63) is 28.8 Å². The van der Waals surface area contributed by atoms with E-state index in [9.17, 15) is 14.7 Å². The number of halogens is 1. The molecule has 0 saturated heterocycles. The Labute approximate surface area is 104 Å². The summed E-state index contributed by atoms with van der Waals surface area (Å²) in [5, 5.41) is 11.7. The summed E-state index contributed by atoms with van der Waals surface area (Å²) < 4.78 is 0. The summed E-state index contributed by atoms with van der Waals surface area (Å²) in [5.74, 6) is -1.25. The maximum atomic E-state index is 11.8. The Kier molecular flexibility index (Phi) is 3.63. The van der Waals surface area contributed by atoms with Crippen molar-refractivity contribution in [2.24, 2.45) is 5.73 Å². The molecule has 0 aliphatic rings. The molecule has 2 amide bonds. The lowest BCUT2D eigenvalue weighted by molar-refractivity contribution is -0.122. The first-order valence-corrected chi connectivity index (χ1v) is 5.23. The predicted octanol–water partition coefficient (Wildman–Crippen LogP) is 1.04. The second kappa shape index (κ2) is 4.63. The van der Waals surface area contributed by atoms with Gasteiger partial charge in [0.2, 0.25) is 5.91 Å². The van der Waals surface area contributed by atoms with Crippen LogP contribution in [0.25, 0.3) is 0 Å². The lowest BCUT2D eigenvalue weighted by Crippen LogP contribution is -2.52. The predicted molar refractivity (Wildman–Crippen MR) is 63.9 cm³/mol. The third-order valence-corrected chi connectivity index (χ3v) is 2.55. The van der Waals surface area contributed by atoms with Crippen molar-refractivity contribution in [1.82, 2.24) is 5.32 Å². The molecule has 0 fully saturated rings. The van der Waals surface area contributed by atoms with Gasteiger partial charge in [0.05, 0.1) is 5.02 Å². The molecule has 17 heavy (non-hydrogen) atoms. The standard InChI is InChI=1S/C11H13ClN2O3/c1-11(2,10(13)17)14-9(16)6-3-4-8(15)7(12)5-6/h3-5,15H,1-2H3,(H2,13,17)(H,14,16). The van der Waals surface area contributed by atoms with Gasteiger partial charge in [0, 0.05) is 5.56 Å². The molecule has 0 radical (unpaired) electrons. The average molecular weight is 257 g/mol. The number of carbonyl (C=O) groups is 2. The van der Waals surface area contributed by atoms with Crippen molar-refractivity contribution in [2.45, 2.75) is 19.4 Å². The van der Waals surface area contributed by atoms with Crippen LogP contribution >= 0.6 is 11.6 Å². The molecule has 0 atom stereocenters. The molecule has 0 heterocycles. The van der Waals surface area contributed by atoms with E-state index in [-0.39, 0.29) is 16.3 Å². The molecule has 0 bridgehead atoms. The number of phenolic OH excluding ortho intramolecular Hbond substituents is 1. The van der Waals surface area contributed by atoms with E-state index in [1.165, 1.54) is 32.0 Å². The van der Waals surface area contributed by atoms with E-state index in [4.69, 9.17) is 17.3 Å². The molecule has 1 aromatic carbocycles. The number of amides is 2. The quantitative estimate of drug-likeness (QED) is 0.754. The van der Waals surface area contributed by atoms with Gasteiger partial charge in [-0.1, -0.05) is 11.6 Å². The van der Waals surface area contributed by atoms with Crippen molar-refractivity contribution in [2.75, 3.05) is 0 Å². The highest BCUT2D eigenvalue weighted by atomic mass is 35.5. The normalized spacial score (nSPS) is 11.0. The van der Waals surface area contributed by atoms with E-state index in [0.717, 1.165) is 0 Å². The molecule has 0 aromatic heterocycles. The van der Waals surface area contributed by atoms with Crippen molar-refractivity contribution < 1.29 is 14.7 Å². The molecule has 0 aliphatic heterocycles.